The molecule has 0 saturated heterocycles. The molecule has 0 spiro atoms. The van der Waals surface area contributed by atoms with Gasteiger partial charge in [-0.05, 0) is 38.5 Å². The molecule has 2 heterocycles. The molecule has 3 aromatic rings. The van der Waals surface area contributed by atoms with E-state index in [0.717, 1.165) is 17.0 Å². The van der Waals surface area contributed by atoms with Crippen molar-refractivity contribution in [3.8, 4) is 0 Å². The topological polar surface area (TPSA) is 46.4 Å². The van der Waals surface area contributed by atoms with Gasteiger partial charge in [0.15, 0.2) is 0 Å². The summed E-state index contributed by atoms with van der Waals surface area (Å²) >= 11 is 0. The predicted molar refractivity (Wildman–Crippen MR) is 87.0 cm³/mol. The first-order valence-electron chi connectivity index (χ1n) is 7.37. The summed E-state index contributed by atoms with van der Waals surface area (Å²) in [7, 11) is 0. The van der Waals surface area contributed by atoms with Crippen LogP contribution in [0.3, 0.4) is 0 Å². The average Bonchev–Trinajstić information content (AvgIpc) is 2.92. The van der Waals surface area contributed by atoms with Crippen molar-refractivity contribution in [3.63, 3.8) is 0 Å². The molecule has 1 N–H and O–H groups in total. The van der Waals surface area contributed by atoms with Crippen molar-refractivity contribution in [2.24, 2.45) is 0 Å². The molecule has 22 heavy (non-hydrogen) atoms. The standard InChI is InChI=1S/C18H19N3O/c1-12-11-13(2)21-10-9-16(17(21)19-12)18(22)20-14(3)15-7-5-4-6-8-15/h4-11,14H,1-3H3,(H,20,22)/t14-/m0/s1. The monoisotopic (exact) mass is 293 g/mol. The SMILES string of the molecule is Cc1cc(C)n2ccc(C(=O)N[C@@H](C)c3ccccc3)c2n1. The maximum Gasteiger partial charge on any atom is 0.255 e. The number of amides is 1. The van der Waals surface area contributed by atoms with Crippen LogP contribution in [0.2, 0.25) is 0 Å². The number of benzene rings is 1. The van der Waals surface area contributed by atoms with Crippen LogP contribution in [0.25, 0.3) is 5.65 Å². The fourth-order valence-electron chi connectivity index (χ4n) is 2.67. The number of hydrogen-bond donors (Lipinski definition) is 1. The van der Waals surface area contributed by atoms with E-state index in [1.54, 1.807) is 0 Å². The molecule has 0 radical (unpaired) electrons. The Balaban J connectivity index is 1.90. The van der Waals surface area contributed by atoms with E-state index < -0.39 is 0 Å². The first-order valence-corrected chi connectivity index (χ1v) is 7.37. The lowest BCUT2D eigenvalue weighted by atomic mass is 10.1. The van der Waals surface area contributed by atoms with Crippen molar-refractivity contribution in [1.82, 2.24) is 14.7 Å². The van der Waals surface area contributed by atoms with Crippen molar-refractivity contribution in [2.75, 3.05) is 0 Å². The van der Waals surface area contributed by atoms with E-state index in [1.165, 1.54) is 0 Å². The van der Waals surface area contributed by atoms with E-state index in [-0.39, 0.29) is 11.9 Å². The Bertz CT molecular complexity index is 821. The number of nitrogens with zero attached hydrogens (tertiary/aromatic N) is 2. The molecule has 0 aliphatic heterocycles. The number of nitrogens with one attached hydrogen (secondary N) is 1. The molecule has 0 saturated carbocycles. The number of carbonyl (C=O) groups excluding carboxylic acids is 1. The minimum Gasteiger partial charge on any atom is -0.345 e. The van der Waals surface area contributed by atoms with Crippen LogP contribution in [0.4, 0.5) is 0 Å². The summed E-state index contributed by atoms with van der Waals surface area (Å²) in [5, 5.41) is 3.04. The second-order valence-electron chi connectivity index (χ2n) is 5.57. The van der Waals surface area contributed by atoms with Crippen LogP contribution >= 0.6 is 0 Å². The highest BCUT2D eigenvalue weighted by atomic mass is 16.1. The van der Waals surface area contributed by atoms with Crippen molar-refractivity contribution < 1.29 is 4.79 Å². The molecule has 0 unspecified atom stereocenters. The van der Waals surface area contributed by atoms with Gasteiger partial charge in [0.25, 0.3) is 5.91 Å². The van der Waals surface area contributed by atoms with E-state index in [2.05, 4.69) is 10.3 Å². The van der Waals surface area contributed by atoms with Crippen molar-refractivity contribution in [2.45, 2.75) is 26.8 Å². The molecule has 3 rings (SSSR count). The summed E-state index contributed by atoms with van der Waals surface area (Å²) in [5.74, 6) is -0.101. The smallest absolute Gasteiger partial charge is 0.255 e. The van der Waals surface area contributed by atoms with Crippen LogP contribution in [-0.4, -0.2) is 15.3 Å². The zero-order valence-electron chi connectivity index (χ0n) is 13.0. The molecule has 0 aliphatic carbocycles. The molecule has 4 heteroatoms. The second-order valence-corrected chi connectivity index (χ2v) is 5.57. The maximum atomic E-state index is 12.6. The van der Waals surface area contributed by atoms with Gasteiger partial charge >= 0.3 is 0 Å². The molecule has 0 aliphatic rings. The Morgan fingerprint density at radius 3 is 2.64 bits per heavy atom. The number of carbonyl (C=O) groups is 1. The molecule has 4 nitrogen and oxygen atoms in total. The number of aryl methyl sites for hydroxylation is 2. The highest BCUT2D eigenvalue weighted by molar-refractivity contribution is 6.00. The van der Waals surface area contributed by atoms with Gasteiger partial charge in [-0.15, -0.1) is 0 Å². The Morgan fingerprint density at radius 2 is 1.91 bits per heavy atom. The summed E-state index contributed by atoms with van der Waals surface area (Å²) in [6.45, 7) is 5.93. The molecule has 2 aromatic heterocycles. The number of rotatable bonds is 3. The fourth-order valence-corrected chi connectivity index (χ4v) is 2.67. The third-order valence-electron chi connectivity index (χ3n) is 3.83. The van der Waals surface area contributed by atoms with Crippen LogP contribution in [0.15, 0.2) is 48.7 Å². The Morgan fingerprint density at radius 1 is 1.18 bits per heavy atom. The van der Waals surface area contributed by atoms with Gasteiger partial charge in [-0.25, -0.2) is 4.98 Å². The van der Waals surface area contributed by atoms with Gasteiger partial charge in [-0.2, -0.15) is 0 Å². The summed E-state index contributed by atoms with van der Waals surface area (Å²) < 4.78 is 1.94. The van der Waals surface area contributed by atoms with Gasteiger partial charge in [0.1, 0.15) is 5.65 Å². The van der Waals surface area contributed by atoms with Gasteiger partial charge in [0.2, 0.25) is 0 Å². The first-order chi connectivity index (χ1) is 10.6. The summed E-state index contributed by atoms with van der Waals surface area (Å²) in [4.78, 5) is 17.1. The normalized spacial score (nSPS) is 12.3. The molecule has 112 valence electrons. The zero-order valence-corrected chi connectivity index (χ0v) is 13.0. The minimum absolute atomic E-state index is 0.0467. The predicted octanol–water partition coefficient (Wildman–Crippen LogP) is 3.44. The first kappa shape index (κ1) is 14.3. The highest BCUT2D eigenvalue weighted by Crippen LogP contribution is 2.17. The largest absolute Gasteiger partial charge is 0.345 e. The van der Waals surface area contributed by atoms with E-state index in [9.17, 15) is 4.79 Å². The van der Waals surface area contributed by atoms with E-state index in [0.29, 0.717) is 11.2 Å². The van der Waals surface area contributed by atoms with Crippen molar-refractivity contribution >= 4 is 11.6 Å². The third kappa shape index (κ3) is 2.60. The summed E-state index contributed by atoms with van der Waals surface area (Å²) in [5.41, 5.74) is 4.37. The number of aromatic nitrogens is 2. The molecule has 0 bridgehead atoms. The van der Waals surface area contributed by atoms with Gasteiger partial charge in [-0.3, -0.25) is 4.79 Å². The van der Waals surface area contributed by atoms with Crippen LogP contribution in [-0.2, 0) is 0 Å². The summed E-state index contributed by atoms with van der Waals surface area (Å²) in [6.07, 6.45) is 1.89. The van der Waals surface area contributed by atoms with Crippen LogP contribution in [0, 0.1) is 13.8 Å². The number of fused-ring (bicyclic) bond motifs is 1. The lowest BCUT2D eigenvalue weighted by molar-refractivity contribution is 0.0941. The second kappa shape index (κ2) is 5.64. The lowest BCUT2D eigenvalue weighted by Crippen LogP contribution is -2.26. The lowest BCUT2D eigenvalue weighted by Gasteiger charge is -2.14. The molecule has 1 amide bonds. The Kier molecular flexibility index (Phi) is 3.67. The van der Waals surface area contributed by atoms with Crippen LogP contribution in [0.1, 0.15) is 40.3 Å². The van der Waals surface area contributed by atoms with Gasteiger partial charge in [-0.1, -0.05) is 30.3 Å². The molecule has 1 atom stereocenters. The highest BCUT2D eigenvalue weighted by Gasteiger charge is 2.16. The Hall–Kier alpha value is -2.62. The van der Waals surface area contributed by atoms with E-state index in [1.807, 2.05) is 73.8 Å². The quantitative estimate of drug-likeness (QED) is 0.804. The molecule has 0 fully saturated rings. The van der Waals surface area contributed by atoms with Gasteiger partial charge < -0.3 is 9.72 Å². The number of hydrogen-bond acceptors (Lipinski definition) is 2. The van der Waals surface area contributed by atoms with E-state index >= 15 is 0 Å². The van der Waals surface area contributed by atoms with Crippen LogP contribution < -0.4 is 5.32 Å². The molecule has 1 aromatic carbocycles. The van der Waals surface area contributed by atoms with Crippen molar-refractivity contribution in [1.29, 1.82) is 0 Å². The summed E-state index contributed by atoms with van der Waals surface area (Å²) in [6, 6.07) is 13.7. The van der Waals surface area contributed by atoms with Crippen molar-refractivity contribution in [3.05, 3.63) is 71.2 Å². The third-order valence-corrected chi connectivity index (χ3v) is 3.83. The van der Waals surface area contributed by atoms with Gasteiger partial charge in [0.05, 0.1) is 11.6 Å². The average molecular weight is 293 g/mol. The molecular weight excluding hydrogens is 274 g/mol. The Labute approximate surface area is 129 Å². The van der Waals surface area contributed by atoms with Gasteiger partial charge in [0, 0.05) is 17.6 Å². The molecular formula is C18H19N3O. The van der Waals surface area contributed by atoms with Crippen LogP contribution in [0.5, 0.6) is 0 Å². The fraction of sp³-hybridized carbons (Fsp3) is 0.222. The zero-order chi connectivity index (χ0) is 15.7. The minimum atomic E-state index is -0.101. The maximum absolute atomic E-state index is 12.6. The van der Waals surface area contributed by atoms with E-state index in [4.69, 9.17) is 0 Å².